The largest absolute Gasteiger partial charge is 0.480 e. The van der Waals surface area contributed by atoms with Crippen LogP contribution in [0.15, 0.2) is 0 Å². The Morgan fingerprint density at radius 2 is 1.86 bits per heavy atom. The number of urea groups is 1. The van der Waals surface area contributed by atoms with Crippen LogP contribution in [0.2, 0.25) is 0 Å². The van der Waals surface area contributed by atoms with Crippen molar-refractivity contribution in [1.82, 2.24) is 9.80 Å². The minimum atomic E-state index is -0.987. The van der Waals surface area contributed by atoms with Gasteiger partial charge in [-0.05, 0) is 26.7 Å². The summed E-state index contributed by atoms with van der Waals surface area (Å²) < 4.78 is 10.9. The van der Waals surface area contributed by atoms with Gasteiger partial charge in [-0.15, -0.1) is 0 Å². The lowest BCUT2D eigenvalue weighted by molar-refractivity contribution is -0.160. The molecule has 2 saturated heterocycles. The fourth-order valence-electron chi connectivity index (χ4n) is 2.87. The molecule has 7 nitrogen and oxygen atoms in total. The van der Waals surface area contributed by atoms with Crippen molar-refractivity contribution < 1.29 is 24.2 Å². The molecular weight excluding hydrogens is 276 g/mol. The van der Waals surface area contributed by atoms with Crippen LogP contribution in [-0.2, 0) is 14.3 Å². The van der Waals surface area contributed by atoms with Crippen molar-refractivity contribution in [2.45, 2.75) is 38.4 Å². The number of amides is 2. The van der Waals surface area contributed by atoms with Crippen LogP contribution in [-0.4, -0.2) is 78.0 Å². The summed E-state index contributed by atoms with van der Waals surface area (Å²) in [7, 11) is 0. The molecule has 0 bridgehead atoms. The van der Waals surface area contributed by atoms with Crippen LogP contribution in [0.1, 0.15) is 26.7 Å². The third-order valence-corrected chi connectivity index (χ3v) is 3.98. The van der Waals surface area contributed by atoms with Crippen LogP contribution in [0.3, 0.4) is 0 Å². The van der Waals surface area contributed by atoms with E-state index < -0.39 is 11.6 Å². The predicted molar refractivity (Wildman–Crippen MR) is 75.2 cm³/mol. The minimum absolute atomic E-state index is 0.0151. The van der Waals surface area contributed by atoms with Gasteiger partial charge in [0.1, 0.15) is 12.2 Å². The van der Waals surface area contributed by atoms with Crippen molar-refractivity contribution in [2.24, 2.45) is 0 Å². The number of carboxylic acid groups (broad SMARTS) is 1. The molecule has 0 saturated carbocycles. The highest BCUT2D eigenvalue weighted by atomic mass is 16.5. The normalized spacial score (nSPS) is 22.0. The molecule has 2 rings (SSSR count). The van der Waals surface area contributed by atoms with Gasteiger partial charge in [0.25, 0.3) is 0 Å². The SMILES string of the molecule is CCOC1CCN(C(=O)N2CC(C)(OCC(=O)O)C2)CC1. The fourth-order valence-corrected chi connectivity index (χ4v) is 2.87. The third-order valence-electron chi connectivity index (χ3n) is 3.98. The zero-order valence-corrected chi connectivity index (χ0v) is 12.7. The van der Waals surface area contributed by atoms with Crippen LogP contribution in [0.4, 0.5) is 4.79 Å². The van der Waals surface area contributed by atoms with Crippen molar-refractivity contribution >= 4 is 12.0 Å². The van der Waals surface area contributed by atoms with Crippen LogP contribution < -0.4 is 0 Å². The van der Waals surface area contributed by atoms with E-state index in [1.165, 1.54) is 0 Å². The molecule has 120 valence electrons. The number of piperidine rings is 1. The summed E-state index contributed by atoms with van der Waals surface area (Å²) in [6.45, 7) is 6.54. The summed E-state index contributed by atoms with van der Waals surface area (Å²) in [6, 6.07) is 0.0151. The first-order valence-corrected chi connectivity index (χ1v) is 7.45. The van der Waals surface area contributed by atoms with Crippen LogP contribution in [0.5, 0.6) is 0 Å². The van der Waals surface area contributed by atoms with E-state index in [0.29, 0.717) is 32.8 Å². The Hall–Kier alpha value is -1.34. The van der Waals surface area contributed by atoms with Gasteiger partial charge in [0.05, 0.1) is 19.2 Å². The topological polar surface area (TPSA) is 79.3 Å². The Bertz CT molecular complexity index is 387. The summed E-state index contributed by atoms with van der Waals surface area (Å²) in [6.07, 6.45) is 2.01. The van der Waals surface area contributed by atoms with Gasteiger partial charge in [-0.25, -0.2) is 9.59 Å². The molecule has 0 unspecified atom stereocenters. The molecule has 0 aliphatic carbocycles. The molecule has 2 aliphatic rings. The average Bonchev–Trinajstić information content (AvgIpc) is 2.42. The molecule has 2 heterocycles. The van der Waals surface area contributed by atoms with Gasteiger partial charge < -0.3 is 24.4 Å². The van der Waals surface area contributed by atoms with Crippen molar-refractivity contribution in [3.63, 3.8) is 0 Å². The Morgan fingerprint density at radius 1 is 1.24 bits per heavy atom. The van der Waals surface area contributed by atoms with Crippen molar-refractivity contribution in [3.05, 3.63) is 0 Å². The molecule has 2 amide bonds. The number of nitrogens with zero attached hydrogens (tertiary/aromatic N) is 2. The third kappa shape index (κ3) is 4.07. The highest BCUT2D eigenvalue weighted by Crippen LogP contribution is 2.26. The summed E-state index contributed by atoms with van der Waals surface area (Å²) in [5, 5.41) is 8.62. The summed E-state index contributed by atoms with van der Waals surface area (Å²) in [4.78, 5) is 26.4. The van der Waals surface area contributed by atoms with E-state index in [1.54, 1.807) is 4.90 Å². The number of carbonyl (C=O) groups excluding carboxylic acids is 1. The van der Waals surface area contributed by atoms with Crippen LogP contribution in [0, 0.1) is 0 Å². The second-order valence-electron chi connectivity index (χ2n) is 5.91. The number of aliphatic carboxylic acids is 1. The molecule has 7 heteroatoms. The quantitative estimate of drug-likeness (QED) is 0.812. The smallest absolute Gasteiger partial charge is 0.329 e. The molecule has 0 radical (unpaired) electrons. The Labute approximate surface area is 124 Å². The van der Waals surface area contributed by atoms with Crippen molar-refractivity contribution in [3.8, 4) is 0 Å². The van der Waals surface area contributed by atoms with Crippen molar-refractivity contribution in [1.29, 1.82) is 0 Å². The number of hydrogen-bond acceptors (Lipinski definition) is 4. The maximum atomic E-state index is 12.3. The lowest BCUT2D eigenvalue weighted by atomic mass is 9.96. The maximum absolute atomic E-state index is 12.3. The number of hydrogen-bond donors (Lipinski definition) is 1. The number of carboxylic acids is 1. The highest BCUT2D eigenvalue weighted by molar-refractivity contribution is 5.76. The fraction of sp³-hybridized carbons (Fsp3) is 0.857. The van der Waals surface area contributed by atoms with Crippen LogP contribution >= 0.6 is 0 Å². The van der Waals surface area contributed by atoms with Gasteiger partial charge in [-0.1, -0.05) is 0 Å². The van der Waals surface area contributed by atoms with E-state index in [-0.39, 0.29) is 18.7 Å². The molecule has 1 N–H and O–H groups in total. The second-order valence-corrected chi connectivity index (χ2v) is 5.91. The first kappa shape index (κ1) is 16.0. The summed E-state index contributed by atoms with van der Waals surface area (Å²) >= 11 is 0. The van der Waals surface area contributed by atoms with Gasteiger partial charge in [0, 0.05) is 19.7 Å². The van der Waals surface area contributed by atoms with Gasteiger partial charge in [0.2, 0.25) is 0 Å². The van der Waals surface area contributed by atoms with E-state index in [9.17, 15) is 9.59 Å². The zero-order valence-electron chi connectivity index (χ0n) is 12.7. The molecule has 0 spiro atoms. The first-order valence-electron chi connectivity index (χ1n) is 7.45. The average molecular weight is 300 g/mol. The van der Waals surface area contributed by atoms with Crippen LogP contribution in [0.25, 0.3) is 0 Å². The summed E-state index contributed by atoms with van der Waals surface area (Å²) in [5.74, 6) is -0.987. The predicted octanol–water partition coefficient (Wildman–Crippen LogP) is 0.783. The molecule has 2 fully saturated rings. The first-order chi connectivity index (χ1) is 9.93. The molecule has 21 heavy (non-hydrogen) atoms. The van der Waals surface area contributed by atoms with E-state index in [1.807, 2.05) is 18.7 Å². The van der Waals surface area contributed by atoms with E-state index in [4.69, 9.17) is 14.6 Å². The molecule has 0 aromatic rings. The van der Waals surface area contributed by atoms with Gasteiger partial charge in [0.15, 0.2) is 0 Å². The van der Waals surface area contributed by atoms with Crippen molar-refractivity contribution in [2.75, 3.05) is 39.4 Å². The molecule has 2 aliphatic heterocycles. The second kappa shape index (κ2) is 6.62. The number of rotatable bonds is 5. The number of likely N-dealkylation sites (tertiary alicyclic amines) is 2. The van der Waals surface area contributed by atoms with E-state index >= 15 is 0 Å². The standard InChI is InChI=1S/C14H24N2O5/c1-3-20-11-4-6-15(7-5-11)13(19)16-9-14(2,10-16)21-8-12(17)18/h11H,3-10H2,1-2H3,(H,17,18). The van der Waals surface area contributed by atoms with E-state index in [2.05, 4.69) is 0 Å². The Morgan fingerprint density at radius 3 is 2.38 bits per heavy atom. The lowest BCUT2D eigenvalue weighted by Gasteiger charge is -2.49. The number of carbonyl (C=O) groups is 2. The molecule has 0 aromatic heterocycles. The summed E-state index contributed by atoms with van der Waals surface area (Å²) in [5.41, 5.74) is -0.530. The maximum Gasteiger partial charge on any atom is 0.329 e. The zero-order chi connectivity index (χ0) is 15.5. The van der Waals surface area contributed by atoms with Gasteiger partial charge in [-0.3, -0.25) is 0 Å². The molecule has 0 atom stereocenters. The lowest BCUT2D eigenvalue weighted by Crippen LogP contribution is -2.66. The Balaban J connectivity index is 1.73. The monoisotopic (exact) mass is 300 g/mol. The molecular formula is C14H24N2O5. The van der Waals surface area contributed by atoms with E-state index in [0.717, 1.165) is 12.8 Å². The minimum Gasteiger partial charge on any atom is -0.480 e. The van der Waals surface area contributed by atoms with Gasteiger partial charge >= 0.3 is 12.0 Å². The molecule has 0 aromatic carbocycles. The Kier molecular flexibility index (Phi) is 5.05. The van der Waals surface area contributed by atoms with Gasteiger partial charge in [-0.2, -0.15) is 0 Å². The highest BCUT2D eigenvalue weighted by Gasteiger charge is 2.44. The number of ether oxygens (including phenoxy) is 2.